The zero-order valence-corrected chi connectivity index (χ0v) is 12.5. The van der Waals surface area contributed by atoms with Gasteiger partial charge in [-0.15, -0.1) is 0 Å². The van der Waals surface area contributed by atoms with E-state index in [1.54, 1.807) is 0 Å². The molecule has 1 N–H and O–H groups in total. The first-order valence-electron chi connectivity index (χ1n) is 6.97. The van der Waals surface area contributed by atoms with Gasteiger partial charge in [0.2, 0.25) is 0 Å². The fourth-order valence-corrected chi connectivity index (χ4v) is 3.36. The smallest absolute Gasteiger partial charge is 0.147 e. The molecule has 5 heteroatoms. The molecule has 1 aliphatic heterocycles. The predicted molar refractivity (Wildman–Crippen MR) is 74.5 cm³/mol. The van der Waals surface area contributed by atoms with E-state index < -0.39 is 15.4 Å². The van der Waals surface area contributed by atoms with Gasteiger partial charge >= 0.3 is 0 Å². The molecule has 0 radical (unpaired) electrons. The molecule has 108 valence electrons. The standard InChI is InChI=1S/C13H27NO3S/c1-3-9-14-10-4-6-13(15,8-11-14)7-5-12-18(2,16)17/h15H,3-12H2,1-2H3. The van der Waals surface area contributed by atoms with Crippen molar-refractivity contribution >= 4 is 9.84 Å². The first kappa shape index (κ1) is 15.9. The maximum atomic E-state index is 11.1. The monoisotopic (exact) mass is 277 g/mol. The zero-order chi connectivity index (χ0) is 13.6. The van der Waals surface area contributed by atoms with Crippen LogP contribution in [0.3, 0.4) is 0 Å². The van der Waals surface area contributed by atoms with Crippen LogP contribution in [0.15, 0.2) is 0 Å². The highest BCUT2D eigenvalue weighted by molar-refractivity contribution is 7.90. The SMILES string of the molecule is CCCN1CCCC(O)(CCCS(C)(=O)=O)CC1. The molecule has 1 aliphatic rings. The number of hydrogen-bond donors (Lipinski definition) is 1. The molecule has 18 heavy (non-hydrogen) atoms. The van der Waals surface area contributed by atoms with Crippen molar-refractivity contribution < 1.29 is 13.5 Å². The van der Waals surface area contributed by atoms with E-state index in [0.717, 1.165) is 45.3 Å². The summed E-state index contributed by atoms with van der Waals surface area (Å²) in [6, 6.07) is 0. The van der Waals surface area contributed by atoms with Crippen molar-refractivity contribution in [2.75, 3.05) is 31.6 Å². The molecule has 1 atom stereocenters. The number of rotatable bonds is 6. The van der Waals surface area contributed by atoms with Gasteiger partial charge < -0.3 is 10.0 Å². The van der Waals surface area contributed by atoms with Gasteiger partial charge in [0.05, 0.1) is 5.60 Å². The zero-order valence-electron chi connectivity index (χ0n) is 11.7. The Hall–Kier alpha value is -0.130. The van der Waals surface area contributed by atoms with Gasteiger partial charge in [0.1, 0.15) is 9.84 Å². The Labute approximate surface area is 111 Å². The predicted octanol–water partition coefficient (Wildman–Crippen LogP) is 1.44. The van der Waals surface area contributed by atoms with Crippen LogP contribution in [-0.2, 0) is 9.84 Å². The first-order chi connectivity index (χ1) is 8.35. The van der Waals surface area contributed by atoms with Crippen LogP contribution in [0.2, 0.25) is 0 Å². The van der Waals surface area contributed by atoms with Crippen molar-refractivity contribution in [2.24, 2.45) is 0 Å². The Morgan fingerprint density at radius 3 is 2.61 bits per heavy atom. The van der Waals surface area contributed by atoms with Crippen molar-refractivity contribution in [2.45, 2.75) is 51.0 Å². The van der Waals surface area contributed by atoms with Crippen molar-refractivity contribution in [3.05, 3.63) is 0 Å². The Balaban J connectivity index is 2.39. The number of nitrogens with zero attached hydrogens (tertiary/aromatic N) is 1. The molecule has 1 heterocycles. The number of likely N-dealkylation sites (tertiary alicyclic amines) is 1. The molecular formula is C13H27NO3S. The van der Waals surface area contributed by atoms with Gasteiger partial charge in [-0.3, -0.25) is 0 Å². The maximum absolute atomic E-state index is 11.1. The minimum absolute atomic E-state index is 0.188. The molecule has 1 unspecified atom stereocenters. The van der Waals surface area contributed by atoms with Crippen LogP contribution in [0.5, 0.6) is 0 Å². The maximum Gasteiger partial charge on any atom is 0.147 e. The van der Waals surface area contributed by atoms with E-state index in [-0.39, 0.29) is 5.75 Å². The lowest BCUT2D eigenvalue weighted by molar-refractivity contribution is 0.0165. The number of hydrogen-bond acceptors (Lipinski definition) is 4. The van der Waals surface area contributed by atoms with Crippen molar-refractivity contribution in [1.29, 1.82) is 0 Å². The van der Waals surface area contributed by atoms with Crippen LogP contribution >= 0.6 is 0 Å². The lowest BCUT2D eigenvalue weighted by Gasteiger charge is -2.26. The molecule has 0 saturated carbocycles. The van der Waals surface area contributed by atoms with Crippen LogP contribution in [-0.4, -0.2) is 55.7 Å². The topological polar surface area (TPSA) is 57.6 Å². The summed E-state index contributed by atoms with van der Waals surface area (Å²) < 4.78 is 22.2. The van der Waals surface area contributed by atoms with E-state index in [0.29, 0.717) is 12.8 Å². The molecule has 0 aliphatic carbocycles. The Kier molecular flexibility index (Phi) is 6.08. The molecule has 4 nitrogen and oxygen atoms in total. The fraction of sp³-hybridized carbons (Fsp3) is 1.00. The van der Waals surface area contributed by atoms with E-state index in [1.807, 2.05) is 0 Å². The van der Waals surface area contributed by atoms with E-state index in [2.05, 4.69) is 11.8 Å². The highest BCUT2D eigenvalue weighted by Gasteiger charge is 2.29. The minimum atomic E-state index is -2.90. The van der Waals surface area contributed by atoms with Crippen molar-refractivity contribution in [3.8, 4) is 0 Å². The average molecular weight is 277 g/mol. The molecule has 1 fully saturated rings. The largest absolute Gasteiger partial charge is 0.390 e. The third kappa shape index (κ3) is 6.16. The third-order valence-electron chi connectivity index (χ3n) is 3.71. The quantitative estimate of drug-likeness (QED) is 0.798. The highest BCUT2D eigenvalue weighted by atomic mass is 32.2. The van der Waals surface area contributed by atoms with Crippen molar-refractivity contribution in [3.63, 3.8) is 0 Å². The molecular weight excluding hydrogens is 250 g/mol. The second-order valence-corrected chi connectivity index (χ2v) is 7.91. The third-order valence-corrected chi connectivity index (χ3v) is 4.74. The summed E-state index contributed by atoms with van der Waals surface area (Å²) in [5.74, 6) is 0.188. The van der Waals surface area contributed by atoms with Gasteiger partial charge in [-0.2, -0.15) is 0 Å². The summed E-state index contributed by atoms with van der Waals surface area (Å²) in [5.41, 5.74) is -0.646. The Morgan fingerprint density at radius 2 is 2.00 bits per heavy atom. The van der Waals surface area contributed by atoms with E-state index in [4.69, 9.17) is 0 Å². The van der Waals surface area contributed by atoms with E-state index >= 15 is 0 Å². The summed E-state index contributed by atoms with van der Waals surface area (Å²) in [6.07, 6.45) is 6.17. The summed E-state index contributed by atoms with van der Waals surface area (Å²) in [4.78, 5) is 2.40. The highest BCUT2D eigenvalue weighted by Crippen LogP contribution is 2.27. The van der Waals surface area contributed by atoms with Gasteiger partial charge in [-0.05, 0) is 51.6 Å². The summed E-state index contributed by atoms with van der Waals surface area (Å²) in [7, 11) is -2.90. The van der Waals surface area contributed by atoms with Crippen molar-refractivity contribution in [1.82, 2.24) is 4.90 Å². The lowest BCUT2D eigenvalue weighted by atomic mass is 9.90. The molecule has 0 aromatic rings. The van der Waals surface area contributed by atoms with Crippen LogP contribution < -0.4 is 0 Å². The Bertz CT molecular complexity index is 342. The average Bonchev–Trinajstić information content (AvgIpc) is 2.40. The number of sulfone groups is 1. The van der Waals surface area contributed by atoms with Gasteiger partial charge in [-0.1, -0.05) is 6.92 Å². The second-order valence-electron chi connectivity index (χ2n) is 5.65. The van der Waals surface area contributed by atoms with E-state index in [9.17, 15) is 13.5 Å². The van der Waals surface area contributed by atoms with E-state index in [1.165, 1.54) is 6.26 Å². The van der Waals surface area contributed by atoms with Gasteiger partial charge in [0.25, 0.3) is 0 Å². The molecule has 0 aromatic carbocycles. The molecule has 0 amide bonds. The van der Waals surface area contributed by atoms with Gasteiger partial charge in [-0.25, -0.2) is 8.42 Å². The summed E-state index contributed by atoms with van der Waals surface area (Å²) >= 11 is 0. The lowest BCUT2D eigenvalue weighted by Crippen LogP contribution is -2.32. The fourth-order valence-electron chi connectivity index (χ4n) is 2.69. The van der Waals surface area contributed by atoms with Crippen LogP contribution in [0.25, 0.3) is 0 Å². The first-order valence-corrected chi connectivity index (χ1v) is 9.03. The summed E-state index contributed by atoms with van der Waals surface area (Å²) in [6.45, 7) is 5.26. The second kappa shape index (κ2) is 6.87. The van der Waals surface area contributed by atoms with Gasteiger partial charge in [0.15, 0.2) is 0 Å². The Morgan fingerprint density at radius 1 is 1.28 bits per heavy atom. The molecule has 1 saturated heterocycles. The molecule has 0 aromatic heterocycles. The normalized spacial score (nSPS) is 27.1. The van der Waals surface area contributed by atoms with Crippen LogP contribution in [0.1, 0.15) is 45.4 Å². The minimum Gasteiger partial charge on any atom is -0.390 e. The summed E-state index contributed by atoms with van der Waals surface area (Å²) in [5, 5.41) is 10.5. The molecule has 0 spiro atoms. The number of aliphatic hydroxyl groups is 1. The molecule has 0 bridgehead atoms. The van der Waals surface area contributed by atoms with Crippen LogP contribution in [0.4, 0.5) is 0 Å². The molecule has 1 rings (SSSR count). The van der Waals surface area contributed by atoms with Gasteiger partial charge in [0, 0.05) is 18.6 Å². The van der Waals surface area contributed by atoms with Crippen LogP contribution in [0, 0.1) is 0 Å².